The van der Waals surface area contributed by atoms with E-state index in [1.54, 1.807) is 0 Å². The molecule has 0 saturated heterocycles. The van der Waals surface area contributed by atoms with Crippen LogP contribution in [0.3, 0.4) is 0 Å². The Hall–Kier alpha value is -4.12. The van der Waals surface area contributed by atoms with Gasteiger partial charge in [-0.25, -0.2) is 9.97 Å². The molecule has 0 spiro atoms. The summed E-state index contributed by atoms with van der Waals surface area (Å²) in [5.41, 5.74) is 10.3. The minimum atomic E-state index is 0.826. The van der Waals surface area contributed by atoms with Crippen LogP contribution in [0.25, 0.3) is 46.4 Å². The first-order chi connectivity index (χ1) is 14.8. The lowest BCUT2D eigenvalue weighted by Crippen LogP contribution is -1.86. The summed E-state index contributed by atoms with van der Waals surface area (Å²) in [4.78, 5) is 19.7. The van der Waals surface area contributed by atoms with Gasteiger partial charge in [0.15, 0.2) is 0 Å². The lowest BCUT2D eigenvalue weighted by Gasteiger charge is -1.95. The van der Waals surface area contributed by atoms with E-state index in [1.165, 1.54) is 11.3 Å². The van der Waals surface area contributed by atoms with Crippen molar-refractivity contribution in [1.29, 1.82) is 0 Å². The van der Waals surface area contributed by atoms with Crippen molar-refractivity contribution in [2.45, 2.75) is 6.42 Å². The van der Waals surface area contributed by atoms with Crippen molar-refractivity contribution in [3.8, 4) is 0 Å². The predicted molar refractivity (Wildman–Crippen MR) is 122 cm³/mol. The van der Waals surface area contributed by atoms with Gasteiger partial charge in [0.25, 0.3) is 0 Å². The van der Waals surface area contributed by atoms with Crippen LogP contribution in [0, 0.1) is 0 Å². The first-order valence-corrected chi connectivity index (χ1v) is 9.96. The Bertz CT molecular complexity index is 1460. The monoisotopic (exact) mass is 389 g/mol. The molecule has 0 unspecified atom stereocenters. The van der Waals surface area contributed by atoms with Crippen molar-refractivity contribution >= 4 is 46.4 Å². The van der Waals surface area contributed by atoms with E-state index in [9.17, 15) is 0 Å². The third kappa shape index (κ3) is 3.26. The summed E-state index contributed by atoms with van der Waals surface area (Å²) in [5.74, 6) is 0. The van der Waals surface area contributed by atoms with Gasteiger partial charge >= 0.3 is 0 Å². The molecule has 0 amide bonds. The summed E-state index contributed by atoms with van der Waals surface area (Å²) >= 11 is 0. The van der Waals surface area contributed by atoms with Crippen molar-refractivity contribution in [3.63, 3.8) is 0 Å². The quantitative estimate of drug-likeness (QED) is 0.362. The molecule has 8 bridgehead atoms. The summed E-state index contributed by atoms with van der Waals surface area (Å²) in [6, 6.07) is 18.8. The first-order valence-electron chi connectivity index (χ1n) is 9.96. The lowest BCUT2D eigenvalue weighted by molar-refractivity contribution is 1.12. The number of nitrogens with zero attached hydrogens (tertiary/aromatic N) is 2. The molecular weight excluding hydrogens is 370 g/mol. The number of aromatic amines is 3. The maximum atomic E-state index is 4.75. The highest BCUT2D eigenvalue weighted by molar-refractivity contribution is 5.78. The molecule has 3 N–H and O–H groups in total. The van der Waals surface area contributed by atoms with Gasteiger partial charge in [-0.3, -0.25) is 0 Å². The SMILES string of the molecule is C1=Cc2cc3ccc(cc4cc(Cc5ccc[nH]5)c(cc5nc(cc1n2)C=C5)[nH]4)[nH]3. The molecule has 0 saturated carbocycles. The Morgan fingerprint density at radius 2 is 1.33 bits per heavy atom. The Balaban J connectivity index is 1.62. The van der Waals surface area contributed by atoms with Crippen molar-refractivity contribution in [2.24, 2.45) is 0 Å². The average Bonchev–Trinajstić information content (AvgIpc) is 3.52. The molecule has 30 heavy (non-hydrogen) atoms. The van der Waals surface area contributed by atoms with Crippen molar-refractivity contribution < 1.29 is 0 Å². The number of H-pyrrole nitrogens is 3. The van der Waals surface area contributed by atoms with Crippen LogP contribution in [-0.2, 0) is 6.42 Å². The second kappa shape index (κ2) is 6.74. The van der Waals surface area contributed by atoms with E-state index in [4.69, 9.17) is 4.98 Å². The maximum Gasteiger partial charge on any atom is 0.0659 e. The number of hydrogen-bond donors (Lipinski definition) is 3. The van der Waals surface area contributed by atoms with Crippen LogP contribution in [0.15, 0.2) is 60.8 Å². The molecule has 0 aromatic carbocycles. The van der Waals surface area contributed by atoms with Crippen LogP contribution in [0.4, 0.5) is 0 Å². The normalized spacial score (nSPS) is 12.5. The van der Waals surface area contributed by atoms with E-state index in [1.807, 2.05) is 42.6 Å². The summed E-state index contributed by atoms with van der Waals surface area (Å²) < 4.78 is 0. The predicted octanol–water partition coefficient (Wildman–Crippen LogP) is 5.57. The van der Waals surface area contributed by atoms with E-state index >= 15 is 0 Å². The summed E-state index contributed by atoms with van der Waals surface area (Å²) in [6.07, 6.45) is 10.9. The first kappa shape index (κ1) is 16.8. The molecule has 0 aliphatic carbocycles. The van der Waals surface area contributed by atoms with Gasteiger partial charge in [0.05, 0.1) is 22.8 Å². The molecule has 0 radical (unpaired) electrons. The van der Waals surface area contributed by atoms with Crippen LogP contribution < -0.4 is 0 Å². The van der Waals surface area contributed by atoms with Crippen LogP contribution in [0.5, 0.6) is 0 Å². The van der Waals surface area contributed by atoms with Gasteiger partial charge in [0.1, 0.15) is 0 Å². The molecule has 5 heteroatoms. The zero-order valence-corrected chi connectivity index (χ0v) is 16.2. The third-order valence-corrected chi connectivity index (χ3v) is 5.30. The van der Waals surface area contributed by atoms with E-state index in [0.29, 0.717) is 0 Å². The fourth-order valence-electron chi connectivity index (χ4n) is 3.91. The number of nitrogens with one attached hydrogen (secondary N) is 3. The second-order valence-corrected chi connectivity index (χ2v) is 7.57. The maximum absolute atomic E-state index is 4.75. The van der Waals surface area contributed by atoms with Gasteiger partial charge in [-0.05, 0) is 84.5 Å². The zero-order valence-electron chi connectivity index (χ0n) is 16.2. The summed E-state index contributed by atoms with van der Waals surface area (Å²) in [5, 5.41) is 0. The van der Waals surface area contributed by atoms with E-state index in [2.05, 4.69) is 62.4 Å². The highest BCUT2D eigenvalue weighted by Crippen LogP contribution is 2.21. The minimum absolute atomic E-state index is 0.826. The number of rotatable bonds is 2. The lowest BCUT2D eigenvalue weighted by atomic mass is 10.1. The topological polar surface area (TPSA) is 73.2 Å². The highest BCUT2D eigenvalue weighted by atomic mass is 14.8. The van der Waals surface area contributed by atoms with Gasteiger partial charge in [-0.15, -0.1) is 0 Å². The van der Waals surface area contributed by atoms with Gasteiger partial charge in [-0.1, -0.05) is 0 Å². The van der Waals surface area contributed by atoms with Crippen LogP contribution >= 0.6 is 0 Å². The van der Waals surface area contributed by atoms with Crippen LogP contribution in [0.1, 0.15) is 34.0 Å². The molecule has 6 heterocycles. The smallest absolute Gasteiger partial charge is 0.0659 e. The van der Waals surface area contributed by atoms with Gasteiger partial charge < -0.3 is 15.0 Å². The highest BCUT2D eigenvalue weighted by Gasteiger charge is 2.06. The molecule has 2 aliphatic heterocycles. The van der Waals surface area contributed by atoms with Crippen molar-refractivity contribution in [1.82, 2.24) is 24.9 Å². The van der Waals surface area contributed by atoms with Crippen molar-refractivity contribution in [2.75, 3.05) is 0 Å². The van der Waals surface area contributed by atoms with Gasteiger partial charge in [-0.2, -0.15) is 0 Å². The van der Waals surface area contributed by atoms with Crippen molar-refractivity contribution in [3.05, 3.63) is 94.8 Å². The van der Waals surface area contributed by atoms with E-state index in [0.717, 1.165) is 51.3 Å². The summed E-state index contributed by atoms with van der Waals surface area (Å²) in [6.45, 7) is 0. The summed E-state index contributed by atoms with van der Waals surface area (Å²) in [7, 11) is 0. The number of hydrogen-bond acceptors (Lipinski definition) is 2. The fourth-order valence-corrected chi connectivity index (χ4v) is 3.91. The molecule has 4 aromatic rings. The molecule has 6 rings (SSSR count). The standard InChI is InChI=1S/C25H19N5/c1-2-17(26-9-1)10-16-11-24-14-22-6-5-20(28-22)12-18-3-4-19(27-18)13-21-7-8-23(29-21)15-25(16)30-24/h1-9,11-15,26,28,30H,10H2. The molecular formula is C25H19N5. The number of aromatic nitrogens is 5. The minimum Gasteiger partial charge on any atom is -0.365 e. The molecule has 144 valence electrons. The largest absolute Gasteiger partial charge is 0.365 e. The Morgan fingerprint density at radius 3 is 2.07 bits per heavy atom. The second-order valence-electron chi connectivity index (χ2n) is 7.57. The Morgan fingerprint density at radius 1 is 0.633 bits per heavy atom. The Labute approximate surface area is 172 Å². The van der Waals surface area contributed by atoms with E-state index < -0.39 is 0 Å². The number of fused-ring (bicyclic) bond motifs is 8. The average molecular weight is 389 g/mol. The Kier molecular flexibility index (Phi) is 3.77. The molecule has 0 atom stereocenters. The molecule has 5 nitrogen and oxygen atoms in total. The molecule has 0 fully saturated rings. The third-order valence-electron chi connectivity index (χ3n) is 5.30. The molecule has 4 aromatic heterocycles. The molecule has 2 aliphatic rings. The van der Waals surface area contributed by atoms with Gasteiger partial charge in [0, 0.05) is 40.4 Å². The van der Waals surface area contributed by atoms with Gasteiger partial charge in [0.2, 0.25) is 0 Å². The zero-order chi connectivity index (χ0) is 19.9. The fraction of sp³-hybridized carbons (Fsp3) is 0.0400. The van der Waals surface area contributed by atoms with Crippen LogP contribution in [-0.4, -0.2) is 24.9 Å². The van der Waals surface area contributed by atoms with Crippen LogP contribution in [0.2, 0.25) is 0 Å². The van der Waals surface area contributed by atoms with E-state index in [-0.39, 0.29) is 0 Å².